The van der Waals surface area contributed by atoms with Crippen LogP contribution in [0.25, 0.3) is 0 Å². The molecule has 0 aromatic rings. The van der Waals surface area contributed by atoms with Crippen molar-refractivity contribution in [2.45, 2.75) is 79.6 Å². The fraction of sp³-hybridized carbons (Fsp3) is 0.640. The van der Waals surface area contributed by atoms with E-state index in [0.717, 1.165) is 31.1 Å². The molecule has 0 bridgehead atoms. The number of fused-ring (bicyclic) bond motifs is 1. The van der Waals surface area contributed by atoms with E-state index in [-0.39, 0.29) is 26.2 Å². The van der Waals surface area contributed by atoms with Gasteiger partial charge in [0.15, 0.2) is 0 Å². The van der Waals surface area contributed by atoms with Crippen LogP contribution in [-0.2, 0) is 26.2 Å². The van der Waals surface area contributed by atoms with E-state index in [1.807, 2.05) is 0 Å². The summed E-state index contributed by atoms with van der Waals surface area (Å²) in [6, 6.07) is 0. The van der Waals surface area contributed by atoms with Crippen molar-refractivity contribution in [3.63, 3.8) is 0 Å². The average molecular weight is 433 g/mol. The first-order chi connectivity index (χ1) is 11.9. The topological polar surface area (TPSA) is 0 Å². The summed E-state index contributed by atoms with van der Waals surface area (Å²) in [5, 5.41) is 0. The van der Waals surface area contributed by atoms with Gasteiger partial charge in [0.25, 0.3) is 0 Å². The molecule has 0 spiro atoms. The first-order valence-electron chi connectivity index (χ1n) is 10.4. The Hall–Kier alpha value is 0.103. The number of allylic oxidation sites excluding steroid dienone is 6. The average Bonchev–Trinajstić information content (AvgIpc) is 3.31. The molecule has 0 aliphatic heterocycles. The van der Waals surface area contributed by atoms with Gasteiger partial charge in [-0.2, -0.15) is 25.2 Å². The Balaban J connectivity index is 0.000000596. The van der Waals surface area contributed by atoms with Gasteiger partial charge >= 0.3 is 26.2 Å². The molecule has 1 saturated carbocycles. The van der Waals surface area contributed by atoms with Gasteiger partial charge in [-0.25, -0.2) is 0 Å². The third-order valence-electron chi connectivity index (χ3n) is 5.99. The summed E-state index contributed by atoms with van der Waals surface area (Å²) >= 11 is 0. The molecule has 0 heterocycles. The van der Waals surface area contributed by atoms with Crippen molar-refractivity contribution in [1.82, 2.24) is 0 Å². The Morgan fingerprint density at radius 3 is 2.12 bits per heavy atom. The number of rotatable bonds is 3. The van der Waals surface area contributed by atoms with Gasteiger partial charge in [-0.1, -0.05) is 95.8 Å². The van der Waals surface area contributed by atoms with Gasteiger partial charge in [-0.05, 0) is 11.8 Å². The molecule has 0 N–H and O–H groups in total. The molecular weight excluding hydrogens is 391 g/mol. The molecule has 3 atom stereocenters. The summed E-state index contributed by atoms with van der Waals surface area (Å²) < 4.78 is 0. The minimum absolute atomic E-state index is 0. The van der Waals surface area contributed by atoms with Gasteiger partial charge in [0.2, 0.25) is 0 Å². The largest absolute Gasteiger partial charge is 3.00 e. The van der Waals surface area contributed by atoms with Crippen molar-refractivity contribution in [2.75, 3.05) is 0 Å². The van der Waals surface area contributed by atoms with Crippen LogP contribution < -0.4 is 0 Å². The monoisotopic (exact) mass is 431 g/mol. The van der Waals surface area contributed by atoms with Crippen LogP contribution in [0.4, 0.5) is 0 Å². The SMILES string of the molecule is CC1(C)C=CC(C)(C2=CC=CC2)C2CC[CH-]C21.[CH2-]CCC.[CH2-]CCC.[Zr+3]. The predicted molar refractivity (Wildman–Crippen MR) is 114 cm³/mol. The van der Waals surface area contributed by atoms with Crippen LogP contribution in [0.5, 0.6) is 0 Å². The summed E-state index contributed by atoms with van der Waals surface area (Å²) in [4.78, 5) is 0. The van der Waals surface area contributed by atoms with Crippen LogP contribution in [0, 0.1) is 42.9 Å². The van der Waals surface area contributed by atoms with Crippen LogP contribution in [0.2, 0.25) is 0 Å². The molecule has 26 heavy (non-hydrogen) atoms. The van der Waals surface area contributed by atoms with E-state index in [1.54, 1.807) is 5.57 Å². The van der Waals surface area contributed by atoms with Crippen molar-refractivity contribution in [3.8, 4) is 0 Å². The van der Waals surface area contributed by atoms with Crippen molar-refractivity contribution >= 4 is 0 Å². The fourth-order valence-corrected chi connectivity index (χ4v) is 4.11. The van der Waals surface area contributed by atoms with E-state index in [0.29, 0.717) is 10.8 Å². The Bertz CT molecular complexity index is 461. The van der Waals surface area contributed by atoms with Gasteiger partial charge in [0.1, 0.15) is 0 Å². The quantitative estimate of drug-likeness (QED) is 0.313. The molecule has 0 saturated heterocycles. The summed E-state index contributed by atoms with van der Waals surface area (Å²) in [7, 11) is 0. The Labute approximate surface area is 184 Å². The molecular formula is C25H41Zr. The van der Waals surface area contributed by atoms with E-state index in [9.17, 15) is 0 Å². The summed E-state index contributed by atoms with van der Waals surface area (Å²) in [6.07, 6.45) is 22.8. The Morgan fingerprint density at radius 1 is 1.08 bits per heavy atom. The van der Waals surface area contributed by atoms with Gasteiger partial charge in [-0.15, -0.1) is 0 Å². The summed E-state index contributed by atoms with van der Waals surface area (Å²) in [5.41, 5.74) is 2.28. The van der Waals surface area contributed by atoms with Gasteiger partial charge < -0.3 is 20.3 Å². The van der Waals surface area contributed by atoms with Crippen LogP contribution in [0.3, 0.4) is 0 Å². The molecule has 3 aliphatic rings. The standard InChI is InChI=1S/C17H23.2C4H9.Zr/c1-16(2)11-12-17(3,13-7-4-5-8-13)15-10-6-9-14(15)16;2*1-3-4-2;/h4-5,7,9,11-12,14-15H,6,8,10H2,1-3H3;2*1,3-4H2,2H3;/q3*-1;+3. The van der Waals surface area contributed by atoms with Crippen LogP contribution in [0.1, 0.15) is 79.6 Å². The van der Waals surface area contributed by atoms with E-state index < -0.39 is 0 Å². The zero-order valence-electron chi connectivity index (χ0n) is 18.0. The smallest absolute Gasteiger partial charge is 0.343 e. The molecule has 1 fully saturated rings. The first-order valence-corrected chi connectivity index (χ1v) is 10.4. The molecule has 3 unspecified atom stereocenters. The second-order valence-corrected chi connectivity index (χ2v) is 8.41. The Kier molecular flexibility index (Phi) is 12.6. The Morgan fingerprint density at radius 2 is 1.65 bits per heavy atom. The zero-order chi connectivity index (χ0) is 18.9. The minimum atomic E-state index is 0. The predicted octanol–water partition coefficient (Wildman–Crippen LogP) is 7.94. The maximum atomic E-state index is 3.60. The third-order valence-corrected chi connectivity index (χ3v) is 5.99. The van der Waals surface area contributed by atoms with E-state index in [4.69, 9.17) is 0 Å². The van der Waals surface area contributed by atoms with Gasteiger partial charge in [0, 0.05) is 5.41 Å². The van der Waals surface area contributed by atoms with Gasteiger partial charge in [0.05, 0.1) is 0 Å². The van der Waals surface area contributed by atoms with Crippen molar-refractivity contribution in [1.29, 1.82) is 0 Å². The zero-order valence-corrected chi connectivity index (χ0v) is 20.4. The molecule has 0 aromatic carbocycles. The fourth-order valence-electron chi connectivity index (χ4n) is 4.11. The second kappa shape index (κ2) is 12.5. The summed E-state index contributed by atoms with van der Waals surface area (Å²) in [6.45, 7) is 18.7. The molecule has 145 valence electrons. The maximum Gasteiger partial charge on any atom is 3.00 e. The van der Waals surface area contributed by atoms with E-state index in [1.165, 1.54) is 25.7 Å². The van der Waals surface area contributed by atoms with Gasteiger partial charge in [-0.3, -0.25) is 0 Å². The number of hydrogen-bond donors (Lipinski definition) is 0. The van der Waals surface area contributed by atoms with Crippen molar-refractivity contribution in [2.24, 2.45) is 22.7 Å². The molecule has 1 heteroatoms. The number of hydrogen-bond acceptors (Lipinski definition) is 0. The van der Waals surface area contributed by atoms with E-state index >= 15 is 0 Å². The normalized spacial score (nSPS) is 30.2. The molecule has 0 amide bonds. The molecule has 0 nitrogen and oxygen atoms in total. The van der Waals surface area contributed by atoms with Crippen LogP contribution >= 0.6 is 0 Å². The number of unbranched alkanes of at least 4 members (excludes halogenated alkanes) is 2. The van der Waals surface area contributed by atoms with Crippen LogP contribution in [-0.4, -0.2) is 0 Å². The summed E-state index contributed by atoms with van der Waals surface area (Å²) in [5.74, 6) is 1.58. The van der Waals surface area contributed by atoms with Crippen LogP contribution in [0.15, 0.2) is 36.0 Å². The minimum Gasteiger partial charge on any atom is -0.343 e. The molecule has 0 aromatic heterocycles. The maximum absolute atomic E-state index is 3.60. The second-order valence-electron chi connectivity index (χ2n) is 8.41. The van der Waals surface area contributed by atoms with E-state index in [2.05, 4.69) is 85.3 Å². The van der Waals surface area contributed by atoms with Crippen molar-refractivity contribution < 1.29 is 26.2 Å². The third kappa shape index (κ3) is 6.61. The molecule has 3 aliphatic carbocycles. The molecule has 3 rings (SSSR count). The first kappa shape index (κ1) is 26.1. The van der Waals surface area contributed by atoms with Crippen molar-refractivity contribution in [3.05, 3.63) is 56.2 Å². The molecule has 1 radical (unpaired) electrons.